The third kappa shape index (κ3) is 10.2. The zero-order valence-corrected chi connectivity index (χ0v) is 39.9. The van der Waals surface area contributed by atoms with Crippen LogP contribution in [-0.4, -0.2) is 139 Å². The molecule has 8 fully saturated rings. The summed E-state index contributed by atoms with van der Waals surface area (Å²) < 4.78 is 24.6. The van der Waals surface area contributed by atoms with Crippen LogP contribution in [0.15, 0.2) is 0 Å². The Bertz CT molecular complexity index is 1790. The van der Waals surface area contributed by atoms with Gasteiger partial charge in [0.05, 0.1) is 55.9 Å². The van der Waals surface area contributed by atoms with E-state index in [9.17, 15) is 19.8 Å². The van der Waals surface area contributed by atoms with E-state index in [2.05, 4.69) is 27.4 Å². The van der Waals surface area contributed by atoms with E-state index >= 15 is 14.4 Å². The number of nitrogens with zero attached hydrogens (tertiary/aromatic N) is 2. The third-order valence-corrected chi connectivity index (χ3v) is 17.6. The molecule has 16 nitrogen and oxygen atoms in total. The number of esters is 1. The van der Waals surface area contributed by atoms with E-state index in [1.54, 1.807) is 0 Å². The van der Waals surface area contributed by atoms with Gasteiger partial charge in [-0.2, -0.15) is 0 Å². The highest BCUT2D eigenvalue weighted by molar-refractivity contribution is 6.04. The molecule has 0 bridgehead atoms. The summed E-state index contributed by atoms with van der Waals surface area (Å²) in [5.41, 5.74) is 3.72. The second-order valence-corrected chi connectivity index (χ2v) is 21.2. The minimum absolute atomic E-state index is 0.0191. The second kappa shape index (κ2) is 23.0. The molecule has 5 aliphatic carbocycles. The number of rotatable bonds is 14. The van der Waals surface area contributed by atoms with Gasteiger partial charge in [-0.15, -0.1) is 0 Å². The number of methoxy groups -OCH3 is 1. The number of urea groups is 1. The topological polar surface area (TPSA) is 219 Å². The maximum atomic E-state index is 16.6. The van der Waals surface area contributed by atoms with Crippen LogP contribution in [0, 0.1) is 58.7 Å². The number of primary amides is 1. The first-order valence-corrected chi connectivity index (χ1v) is 26.3. The van der Waals surface area contributed by atoms with Crippen molar-refractivity contribution in [3.8, 4) is 11.8 Å². The van der Waals surface area contributed by atoms with Crippen molar-refractivity contribution in [1.82, 2.24) is 20.4 Å². The minimum atomic E-state index is -1.66. The summed E-state index contributed by atoms with van der Waals surface area (Å²) in [7, 11) is 1.51. The Morgan fingerprint density at radius 2 is 1.52 bits per heavy atom. The van der Waals surface area contributed by atoms with Crippen LogP contribution in [0.4, 0.5) is 9.59 Å². The molecule has 12 atom stereocenters. The average Bonchev–Trinajstić information content (AvgIpc) is 3.80. The molecule has 0 aromatic carbocycles. The fourth-order valence-corrected chi connectivity index (χ4v) is 14.9. The molecule has 8 rings (SSSR count). The maximum absolute atomic E-state index is 16.6. The summed E-state index contributed by atoms with van der Waals surface area (Å²) in [6, 6.07) is -3.52. The Hall–Kier alpha value is -3.49. The molecule has 1 spiro atoms. The lowest BCUT2D eigenvalue weighted by atomic mass is 9.55. The van der Waals surface area contributed by atoms with Gasteiger partial charge < -0.3 is 45.5 Å². The summed E-state index contributed by atoms with van der Waals surface area (Å²) in [4.78, 5) is 78.0. The van der Waals surface area contributed by atoms with E-state index in [4.69, 9.17) is 24.7 Å². The molecule has 5 unspecified atom stereocenters. The lowest BCUT2D eigenvalue weighted by molar-refractivity contribution is -0.193. The number of nitrogens with one attached hydrogen (secondary N) is 2. The van der Waals surface area contributed by atoms with Crippen molar-refractivity contribution in [2.75, 3.05) is 46.6 Å². The molecule has 16 heteroatoms. The van der Waals surface area contributed by atoms with Crippen LogP contribution in [0.2, 0.25) is 0 Å². The van der Waals surface area contributed by atoms with E-state index in [0.29, 0.717) is 32.1 Å². The number of aliphatic hydroxyl groups excluding tert-OH is 2. The first kappa shape index (κ1) is 49.9. The smallest absolute Gasteiger partial charge is 0.416 e. The number of imide groups is 1. The summed E-state index contributed by atoms with van der Waals surface area (Å²) in [6.45, 7) is -0.0307. The van der Waals surface area contributed by atoms with Crippen LogP contribution in [0.5, 0.6) is 0 Å². The zero-order chi connectivity index (χ0) is 47.1. The number of fused-ring (bicyclic) bond motifs is 3. The number of cyclic esters (lactones) is 1. The Morgan fingerprint density at radius 1 is 0.851 bits per heavy atom. The van der Waals surface area contributed by atoms with Crippen molar-refractivity contribution in [1.29, 1.82) is 0 Å². The molecule has 3 saturated heterocycles. The number of hydrogen-bond donors (Lipinski definition) is 5. The largest absolute Gasteiger partial charge is 0.459 e. The monoisotopic (exact) mass is 938 g/mol. The lowest BCUT2D eigenvalue weighted by Crippen LogP contribution is -2.67. The number of carbonyl (C=O) groups excluding carboxylic acids is 5. The molecular formula is C51H79N5O11. The fourth-order valence-electron chi connectivity index (χ4n) is 14.9. The Labute approximate surface area is 397 Å². The summed E-state index contributed by atoms with van der Waals surface area (Å²) in [5, 5.41) is 27.5. The van der Waals surface area contributed by atoms with Gasteiger partial charge >= 0.3 is 18.1 Å². The van der Waals surface area contributed by atoms with E-state index in [1.165, 1.54) is 12.0 Å². The van der Waals surface area contributed by atoms with Gasteiger partial charge in [-0.1, -0.05) is 82.5 Å². The molecule has 3 aliphatic heterocycles. The normalized spacial score (nSPS) is 35.8. The van der Waals surface area contributed by atoms with Crippen molar-refractivity contribution in [2.45, 2.75) is 184 Å². The van der Waals surface area contributed by atoms with Crippen LogP contribution in [0.1, 0.15) is 141 Å². The number of amides is 5. The van der Waals surface area contributed by atoms with Crippen LogP contribution in [-0.2, 0) is 33.3 Å². The SMILES string of the molecule is COCCOC(=O)N1C(=O)[C@@]2(C3CC(C#CCNC(N)=O)CCC31)[C@H](C1CCCCC1OCCO)N1[C@H](C3CCCCC3)[C@H](C3CCCCC3)OC(=O)[C@H]1[C@@H]2C(=O)NC[C@H](O)C1CCCCC1. The molecular weight excluding hydrogens is 859 g/mol. The molecule has 8 aliphatic rings. The highest BCUT2D eigenvalue weighted by Crippen LogP contribution is 2.66. The molecule has 5 amide bonds. The van der Waals surface area contributed by atoms with E-state index in [1.807, 2.05) is 0 Å². The summed E-state index contributed by atoms with van der Waals surface area (Å²) in [6.07, 6.45) is 16.8. The van der Waals surface area contributed by atoms with Crippen molar-refractivity contribution < 1.29 is 53.1 Å². The van der Waals surface area contributed by atoms with Gasteiger partial charge in [0, 0.05) is 37.6 Å². The van der Waals surface area contributed by atoms with Gasteiger partial charge in [-0.05, 0) is 94.3 Å². The van der Waals surface area contributed by atoms with E-state index in [-0.39, 0.29) is 75.1 Å². The first-order valence-electron chi connectivity index (χ1n) is 26.3. The fraction of sp³-hybridized carbons (Fsp3) is 0.863. The van der Waals surface area contributed by atoms with Crippen LogP contribution >= 0.6 is 0 Å². The molecule has 6 N–H and O–H groups in total. The van der Waals surface area contributed by atoms with Gasteiger partial charge in [0.25, 0.3) is 0 Å². The minimum Gasteiger partial charge on any atom is -0.459 e. The number of nitrogens with two attached hydrogens (primary N) is 1. The number of morpholine rings is 1. The van der Waals surface area contributed by atoms with E-state index in [0.717, 1.165) is 109 Å². The Kier molecular flexibility index (Phi) is 17.1. The van der Waals surface area contributed by atoms with Gasteiger partial charge in [0.2, 0.25) is 11.8 Å². The van der Waals surface area contributed by atoms with Crippen LogP contribution < -0.4 is 16.4 Å². The predicted octanol–water partition coefficient (Wildman–Crippen LogP) is 4.80. The lowest BCUT2D eigenvalue weighted by Gasteiger charge is -2.54. The Balaban J connectivity index is 1.33. The average molecular weight is 938 g/mol. The van der Waals surface area contributed by atoms with Crippen molar-refractivity contribution in [3.63, 3.8) is 0 Å². The number of ether oxygens (including phenoxy) is 4. The molecule has 5 saturated carbocycles. The van der Waals surface area contributed by atoms with E-state index < -0.39 is 83.6 Å². The predicted molar refractivity (Wildman–Crippen MR) is 247 cm³/mol. The first-order chi connectivity index (χ1) is 32.6. The van der Waals surface area contributed by atoms with Crippen LogP contribution in [0.3, 0.4) is 0 Å². The van der Waals surface area contributed by atoms with Crippen molar-refractivity contribution in [3.05, 3.63) is 0 Å². The van der Waals surface area contributed by atoms with Crippen molar-refractivity contribution in [2.24, 2.45) is 52.6 Å². The highest BCUT2D eigenvalue weighted by atomic mass is 16.6. The van der Waals surface area contributed by atoms with Crippen LogP contribution in [0.25, 0.3) is 0 Å². The highest BCUT2D eigenvalue weighted by Gasteiger charge is 2.80. The molecule has 67 heavy (non-hydrogen) atoms. The molecule has 0 aromatic heterocycles. The van der Waals surface area contributed by atoms with Gasteiger partial charge in [-0.3, -0.25) is 19.3 Å². The number of aliphatic hydroxyl groups is 2. The maximum Gasteiger partial charge on any atom is 0.416 e. The number of likely N-dealkylation sites (tertiary alicyclic amines) is 1. The number of hydrogen-bond acceptors (Lipinski definition) is 12. The van der Waals surface area contributed by atoms with Crippen molar-refractivity contribution >= 4 is 29.9 Å². The van der Waals surface area contributed by atoms with Gasteiger partial charge in [-0.25, -0.2) is 14.5 Å². The second-order valence-electron chi connectivity index (χ2n) is 21.2. The summed E-state index contributed by atoms with van der Waals surface area (Å²) in [5.74, 6) is 2.64. The zero-order valence-electron chi connectivity index (χ0n) is 39.9. The molecule has 3 heterocycles. The quantitative estimate of drug-likeness (QED) is 0.0902. The summed E-state index contributed by atoms with van der Waals surface area (Å²) >= 11 is 0. The van der Waals surface area contributed by atoms with Gasteiger partial charge in [0.15, 0.2) is 0 Å². The standard InChI is InChI=1S/C51H79N5O11/c1-64-28-29-66-50(63)55-38-24-23-32(14-13-25-53-49(52)62)30-37(38)51(48(55)61)41(46(59)54-31-39(58)33-15-5-2-6-16-33)43-47(60)67-44(35-19-9-4-10-20-35)42(34-17-7-3-8-18-34)56(43)45(51)36-21-11-12-22-40(36)65-27-26-57/h32-45,57-58H,2-12,15-31H2,1H3,(H,54,59)(H3,52,53,62)/t32?,36?,37?,38?,39-,40?,41+,42+,43+,44-,45-,51+/m0/s1. The Morgan fingerprint density at radius 3 is 2.21 bits per heavy atom. The molecule has 0 radical (unpaired) electrons. The van der Waals surface area contributed by atoms with Gasteiger partial charge in [0.1, 0.15) is 18.8 Å². The molecule has 374 valence electrons. The number of carbonyl (C=O) groups is 5. The third-order valence-electron chi connectivity index (χ3n) is 17.6. The molecule has 0 aromatic rings.